The van der Waals surface area contributed by atoms with Crippen molar-refractivity contribution in [3.8, 4) is 0 Å². The first kappa shape index (κ1) is 13.3. The van der Waals surface area contributed by atoms with Crippen molar-refractivity contribution in [3.63, 3.8) is 0 Å². The number of aromatic nitrogens is 2. The molecule has 5 nitrogen and oxygen atoms in total. The lowest BCUT2D eigenvalue weighted by molar-refractivity contribution is 0.644. The smallest absolute Gasteiger partial charge is 0.191 e. The number of rotatable bonds is 3. The molecule has 1 aromatic rings. The van der Waals surface area contributed by atoms with E-state index in [4.69, 9.17) is 0 Å². The van der Waals surface area contributed by atoms with Gasteiger partial charge in [0.05, 0.1) is 6.54 Å². The summed E-state index contributed by atoms with van der Waals surface area (Å²) < 4.78 is 2.12. The maximum Gasteiger partial charge on any atom is 0.191 e. The van der Waals surface area contributed by atoms with Crippen molar-refractivity contribution in [1.29, 1.82) is 0 Å². The van der Waals surface area contributed by atoms with Crippen molar-refractivity contribution in [3.05, 3.63) is 18.2 Å². The largest absolute Gasteiger partial charge is 0.355 e. The summed E-state index contributed by atoms with van der Waals surface area (Å²) in [6.07, 6.45) is 3.81. The Bertz CT molecular complexity index is 360. The van der Waals surface area contributed by atoms with Crippen LogP contribution < -0.4 is 10.6 Å². The van der Waals surface area contributed by atoms with Crippen LogP contribution in [-0.4, -0.2) is 34.6 Å². The lowest BCUT2D eigenvalue weighted by Crippen LogP contribution is -2.38. The SMILES string of the molecule is Cc1nccn1CCNC1=NCC(C)N1.I. The number of aliphatic imine (C=N–C) groups is 1. The number of imidazole rings is 1. The zero-order valence-electron chi connectivity index (χ0n) is 9.60. The zero-order chi connectivity index (χ0) is 10.7. The third kappa shape index (κ3) is 3.36. The standard InChI is InChI=1S/C10H17N5.HI/c1-8-7-13-10(14-8)12-4-6-15-5-3-11-9(15)2;/h3,5,8H,4,6-7H2,1-2H3,(H2,12,13,14);1H. The Hall–Kier alpha value is -0.790. The van der Waals surface area contributed by atoms with Gasteiger partial charge in [0.1, 0.15) is 5.82 Å². The van der Waals surface area contributed by atoms with Crippen molar-refractivity contribution in [2.75, 3.05) is 13.1 Å². The molecule has 1 aromatic heterocycles. The van der Waals surface area contributed by atoms with Gasteiger partial charge in [-0.25, -0.2) is 4.98 Å². The fourth-order valence-electron chi connectivity index (χ4n) is 1.59. The first-order valence-corrected chi connectivity index (χ1v) is 5.28. The fourth-order valence-corrected chi connectivity index (χ4v) is 1.59. The molecule has 0 spiro atoms. The second kappa shape index (κ2) is 6.07. The summed E-state index contributed by atoms with van der Waals surface area (Å²) in [4.78, 5) is 8.50. The van der Waals surface area contributed by atoms with Crippen LogP contribution in [0.5, 0.6) is 0 Å². The molecule has 2 N–H and O–H groups in total. The molecule has 6 heteroatoms. The van der Waals surface area contributed by atoms with E-state index in [1.54, 1.807) is 0 Å². The van der Waals surface area contributed by atoms with Crippen LogP contribution in [0.3, 0.4) is 0 Å². The zero-order valence-corrected chi connectivity index (χ0v) is 11.9. The minimum atomic E-state index is 0. The molecule has 0 radical (unpaired) electrons. The predicted molar refractivity (Wildman–Crippen MR) is 75.3 cm³/mol. The van der Waals surface area contributed by atoms with Gasteiger partial charge in [0.2, 0.25) is 0 Å². The average Bonchev–Trinajstić information content (AvgIpc) is 2.77. The Kier molecular flexibility index (Phi) is 5.04. The minimum Gasteiger partial charge on any atom is -0.355 e. The fraction of sp³-hybridized carbons (Fsp3) is 0.600. The summed E-state index contributed by atoms with van der Waals surface area (Å²) in [5.41, 5.74) is 0. The number of hydrogen-bond acceptors (Lipinski definition) is 4. The third-order valence-corrected chi connectivity index (χ3v) is 2.48. The van der Waals surface area contributed by atoms with Crippen molar-refractivity contribution < 1.29 is 0 Å². The molecule has 0 aliphatic carbocycles. The topological polar surface area (TPSA) is 54.2 Å². The maximum absolute atomic E-state index is 4.33. The lowest BCUT2D eigenvalue weighted by Gasteiger charge is -2.09. The van der Waals surface area contributed by atoms with E-state index < -0.39 is 0 Å². The molecule has 0 bridgehead atoms. The Labute approximate surface area is 113 Å². The van der Waals surface area contributed by atoms with Crippen molar-refractivity contribution in [1.82, 2.24) is 20.2 Å². The monoisotopic (exact) mass is 335 g/mol. The van der Waals surface area contributed by atoms with Crippen LogP contribution in [0.1, 0.15) is 12.7 Å². The van der Waals surface area contributed by atoms with Gasteiger partial charge in [-0.05, 0) is 13.8 Å². The van der Waals surface area contributed by atoms with Gasteiger partial charge in [-0.2, -0.15) is 0 Å². The second-order valence-corrected chi connectivity index (χ2v) is 3.83. The van der Waals surface area contributed by atoms with Gasteiger partial charge in [-0.1, -0.05) is 0 Å². The van der Waals surface area contributed by atoms with E-state index >= 15 is 0 Å². The Morgan fingerprint density at radius 1 is 1.62 bits per heavy atom. The number of aryl methyl sites for hydroxylation is 1. The normalized spacial score (nSPS) is 18.6. The molecular weight excluding hydrogens is 317 g/mol. The molecule has 2 rings (SSSR count). The summed E-state index contributed by atoms with van der Waals surface area (Å²) in [7, 11) is 0. The highest BCUT2D eigenvalue weighted by molar-refractivity contribution is 14.0. The van der Waals surface area contributed by atoms with Gasteiger partial charge in [-0.15, -0.1) is 24.0 Å². The van der Waals surface area contributed by atoms with Gasteiger partial charge >= 0.3 is 0 Å². The summed E-state index contributed by atoms with van der Waals surface area (Å²) in [5, 5.41) is 6.53. The number of nitrogens with one attached hydrogen (secondary N) is 2. The lowest BCUT2D eigenvalue weighted by atomic mass is 10.4. The summed E-state index contributed by atoms with van der Waals surface area (Å²) in [6, 6.07) is 0.461. The van der Waals surface area contributed by atoms with Gasteiger partial charge in [0.15, 0.2) is 5.96 Å². The van der Waals surface area contributed by atoms with E-state index in [1.165, 1.54) is 0 Å². The molecule has 1 aliphatic heterocycles. The Balaban J connectivity index is 0.00000128. The van der Waals surface area contributed by atoms with Gasteiger partial charge in [0, 0.05) is 31.5 Å². The molecule has 0 saturated heterocycles. The van der Waals surface area contributed by atoms with E-state index in [-0.39, 0.29) is 24.0 Å². The Morgan fingerprint density at radius 2 is 2.44 bits per heavy atom. The molecule has 16 heavy (non-hydrogen) atoms. The minimum absolute atomic E-state index is 0. The van der Waals surface area contributed by atoms with E-state index in [2.05, 4.69) is 32.1 Å². The second-order valence-electron chi connectivity index (χ2n) is 3.83. The molecule has 1 unspecified atom stereocenters. The summed E-state index contributed by atoms with van der Waals surface area (Å²) >= 11 is 0. The first-order chi connectivity index (χ1) is 7.25. The van der Waals surface area contributed by atoms with Crippen molar-refractivity contribution >= 4 is 29.9 Å². The van der Waals surface area contributed by atoms with Gasteiger partial charge < -0.3 is 15.2 Å². The van der Waals surface area contributed by atoms with Gasteiger partial charge in [-0.3, -0.25) is 4.99 Å². The van der Waals surface area contributed by atoms with Crippen LogP contribution >= 0.6 is 24.0 Å². The van der Waals surface area contributed by atoms with Crippen LogP contribution in [0.15, 0.2) is 17.4 Å². The van der Waals surface area contributed by atoms with Crippen molar-refractivity contribution in [2.24, 2.45) is 4.99 Å². The quantitative estimate of drug-likeness (QED) is 0.802. The average molecular weight is 335 g/mol. The number of hydrogen-bond donors (Lipinski definition) is 2. The van der Waals surface area contributed by atoms with Crippen LogP contribution in [0, 0.1) is 6.92 Å². The van der Waals surface area contributed by atoms with Crippen LogP contribution in [0.4, 0.5) is 0 Å². The predicted octanol–water partition coefficient (Wildman–Crippen LogP) is 0.747. The summed E-state index contributed by atoms with van der Waals surface area (Å²) in [5.74, 6) is 1.96. The van der Waals surface area contributed by atoms with Gasteiger partial charge in [0.25, 0.3) is 0 Å². The molecular formula is C10H18IN5. The highest BCUT2D eigenvalue weighted by atomic mass is 127. The number of nitrogens with zero attached hydrogens (tertiary/aromatic N) is 3. The first-order valence-electron chi connectivity index (χ1n) is 5.28. The van der Waals surface area contributed by atoms with Crippen molar-refractivity contribution in [2.45, 2.75) is 26.4 Å². The summed E-state index contributed by atoms with van der Waals surface area (Å²) in [6.45, 7) is 6.79. The molecule has 1 atom stereocenters. The number of guanidine groups is 1. The molecule has 0 fully saturated rings. The Morgan fingerprint density at radius 3 is 3.00 bits per heavy atom. The van der Waals surface area contributed by atoms with E-state index in [0.717, 1.165) is 31.4 Å². The van der Waals surface area contributed by atoms with E-state index in [1.807, 2.05) is 19.3 Å². The molecule has 0 saturated carbocycles. The van der Waals surface area contributed by atoms with Crippen LogP contribution in [-0.2, 0) is 6.54 Å². The third-order valence-electron chi connectivity index (χ3n) is 2.48. The molecule has 0 amide bonds. The van der Waals surface area contributed by atoms with E-state index in [0.29, 0.717) is 6.04 Å². The molecule has 2 heterocycles. The molecule has 0 aromatic carbocycles. The number of halogens is 1. The van der Waals surface area contributed by atoms with Crippen LogP contribution in [0.25, 0.3) is 0 Å². The molecule has 90 valence electrons. The maximum atomic E-state index is 4.33. The highest BCUT2D eigenvalue weighted by Gasteiger charge is 2.10. The highest BCUT2D eigenvalue weighted by Crippen LogP contribution is 1.95. The molecule has 1 aliphatic rings. The van der Waals surface area contributed by atoms with E-state index in [9.17, 15) is 0 Å². The van der Waals surface area contributed by atoms with Crippen LogP contribution in [0.2, 0.25) is 0 Å².